The maximum Gasteiger partial charge on any atom is 0.134 e. The Labute approximate surface area is 121 Å². The summed E-state index contributed by atoms with van der Waals surface area (Å²) in [7, 11) is 0. The highest BCUT2D eigenvalue weighted by atomic mass is 35.5. The van der Waals surface area contributed by atoms with Crippen molar-refractivity contribution in [2.45, 2.75) is 32.7 Å². The summed E-state index contributed by atoms with van der Waals surface area (Å²) in [6.07, 6.45) is 3.80. The summed E-state index contributed by atoms with van der Waals surface area (Å²) in [6.45, 7) is 4.10. The van der Waals surface area contributed by atoms with E-state index in [-0.39, 0.29) is 12.4 Å². The Hall–Kier alpha value is -1.25. The average molecular weight is 280 g/mol. The molecule has 0 saturated heterocycles. The molecule has 0 unspecified atom stereocenters. The molecule has 0 saturated carbocycles. The van der Waals surface area contributed by atoms with Gasteiger partial charge in [0.2, 0.25) is 0 Å². The van der Waals surface area contributed by atoms with Gasteiger partial charge in [0.15, 0.2) is 0 Å². The maximum absolute atomic E-state index is 5.81. The number of nitrogens with one attached hydrogen (secondary N) is 1. The summed E-state index contributed by atoms with van der Waals surface area (Å²) in [5.74, 6) is 1.95. The molecule has 0 fully saturated rings. The molecule has 1 N–H and O–H groups in total. The maximum atomic E-state index is 5.81. The molecule has 104 valence electrons. The first-order chi connectivity index (χ1) is 8.90. The molecule has 1 heterocycles. The van der Waals surface area contributed by atoms with Crippen LogP contribution in [0.1, 0.15) is 31.9 Å². The lowest BCUT2D eigenvalue weighted by Crippen LogP contribution is -2.13. The van der Waals surface area contributed by atoms with Crippen LogP contribution in [-0.4, -0.2) is 6.54 Å². The summed E-state index contributed by atoms with van der Waals surface area (Å²) in [4.78, 5) is 0. The van der Waals surface area contributed by atoms with Gasteiger partial charge in [-0.2, -0.15) is 0 Å². The third-order valence-corrected chi connectivity index (χ3v) is 2.98. The molecule has 1 aromatic carbocycles. The van der Waals surface area contributed by atoms with Gasteiger partial charge >= 0.3 is 0 Å². The third-order valence-electron chi connectivity index (χ3n) is 2.98. The zero-order valence-electron chi connectivity index (χ0n) is 11.4. The third kappa shape index (κ3) is 5.09. The van der Waals surface area contributed by atoms with E-state index in [0.717, 1.165) is 30.2 Å². The van der Waals surface area contributed by atoms with Gasteiger partial charge in [-0.1, -0.05) is 50.1 Å². The molecule has 0 aliphatic carbocycles. The van der Waals surface area contributed by atoms with Gasteiger partial charge in [-0.15, -0.1) is 12.4 Å². The highest BCUT2D eigenvalue weighted by molar-refractivity contribution is 5.85. The number of halogens is 1. The lowest BCUT2D eigenvalue weighted by atomic mass is 10.2. The molecule has 2 aromatic rings. The van der Waals surface area contributed by atoms with Crippen LogP contribution in [0.3, 0.4) is 0 Å². The Kier molecular flexibility index (Phi) is 7.31. The van der Waals surface area contributed by atoms with Crippen LogP contribution < -0.4 is 5.32 Å². The van der Waals surface area contributed by atoms with E-state index in [4.69, 9.17) is 4.42 Å². The largest absolute Gasteiger partial charge is 0.460 e. The van der Waals surface area contributed by atoms with E-state index in [1.54, 1.807) is 0 Å². The van der Waals surface area contributed by atoms with E-state index in [2.05, 4.69) is 30.4 Å². The zero-order valence-corrected chi connectivity index (χ0v) is 12.2. The lowest BCUT2D eigenvalue weighted by molar-refractivity contribution is 0.488. The quantitative estimate of drug-likeness (QED) is 0.747. The van der Waals surface area contributed by atoms with Crippen LogP contribution in [0.2, 0.25) is 0 Å². The number of rotatable bonds is 7. The molecule has 3 heteroatoms. The van der Waals surface area contributed by atoms with Gasteiger partial charge in [0.05, 0.1) is 6.54 Å². The smallest absolute Gasteiger partial charge is 0.134 e. The van der Waals surface area contributed by atoms with Crippen molar-refractivity contribution < 1.29 is 4.42 Å². The van der Waals surface area contributed by atoms with Crippen molar-refractivity contribution >= 4 is 12.4 Å². The minimum absolute atomic E-state index is 0. The van der Waals surface area contributed by atoms with Gasteiger partial charge in [0.25, 0.3) is 0 Å². The molecule has 2 nitrogen and oxygen atoms in total. The summed E-state index contributed by atoms with van der Waals surface area (Å²) in [6, 6.07) is 14.3. The topological polar surface area (TPSA) is 25.2 Å². The molecule has 0 amide bonds. The predicted octanol–water partition coefficient (Wildman–Crippen LogP) is 4.65. The first-order valence-electron chi connectivity index (χ1n) is 6.75. The van der Waals surface area contributed by atoms with Gasteiger partial charge in [-0.3, -0.25) is 0 Å². The molecule has 2 rings (SSSR count). The Bertz CT molecular complexity index is 453. The van der Waals surface area contributed by atoms with Crippen molar-refractivity contribution in [2.24, 2.45) is 0 Å². The minimum atomic E-state index is 0. The van der Waals surface area contributed by atoms with Gasteiger partial charge in [0.1, 0.15) is 11.5 Å². The van der Waals surface area contributed by atoms with Crippen LogP contribution in [0.15, 0.2) is 46.9 Å². The van der Waals surface area contributed by atoms with E-state index in [1.165, 1.54) is 19.3 Å². The van der Waals surface area contributed by atoms with Gasteiger partial charge in [-0.05, 0) is 25.1 Å². The molecule has 0 atom stereocenters. The summed E-state index contributed by atoms with van der Waals surface area (Å²) < 4.78 is 5.81. The first-order valence-corrected chi connectivity index (χ1v) is 6.75. The normalized spacial score (nSPS) is 10.2. The second kappa shape index (κ2) is 8.78. The molecule has 0 spiro atoms. The van der Waals surface area contributed by atoms with Crippen LogP contribution in [0.25, 0.3) is 11.3 Å². The summed E-state index contributed by atoms with van der Waals surface area (Å²) in [5, 5.41) is 3.41. The fourth-order valence-electron chi connectivity index (χ4n) is 1.94. The lowest BCUT2D eigenvalue weighted by Gasteiger charge is -2.01. The Morgan fingerprint density at radius 1 is 1.00 bits per heavy atom. The second-order valence-corrected chi connectivity index (χ2v) is 4.52. The van der Waals surface area contributed by atoms with E-state index >= 15 is 0 Å². The highest BCUT2D eigenvalue weighted by Crippen LogP contribution is 2.21. The fraction of sp³-hybridized carbons (Fsp3) is 0.375. The van der Waals surface area contributed by atoms with Gasteiger partial charge in [-0.25, -0.2) is 0 Å². The molecular formula is C16H22ClNO. The van der Waals surface area contributed by atoms with E-state index in [1.807, 2.05) is 24.3 Å². The average Bonchev–Trinajstić information content (AvgIpc) is 2.88. The van der Waals surface area contributed by atoms with Crippen molar-refractivity contribution in [3.63, 3.8) is 0 Å². The second-order valence-electron chi connectivity index (χ2n) is 4.52. The number of hydrogen-bond donors (Lipinski definition) is 1. The fourth-order valence-corrected chi connectivity index (χ4v) is 1.94. The van der Waals surface area contributed by atoms with Crippen molar-refractivity contribution in [2.75, 3.05) is 6.54 Å². The standard InChI is InChI=1S/C16H21NO.ClH/c1-2-3-7-12-17-13-15-10-11-16(18-15)14-8-5-4-6-9-14;/h4-6,8-11,17H,2-3,7,12-13H2,1H3;1H. The van der Waals surface area contributed by atoms with Crippen LogP contribution in [0, 0.1) is 0 Å². The first kappa shape index (κ1) is 15.8. The molecule has 0 aliphatic rings. The van der Waals surface area contributed by atoms with E-state index in [9.17, 15) is 0 Å². The number of hydrogen-bond acceptors (Lipinski definition) is 2. The van der Waals surface area contributed by atoms with E-state index < -0.39 is 0 Å². The number of benzene rings is 1. The summed E-state index contributed by atoms with van der Waals surface area (Å²) in [5.41, 5.74) is 1.13. The van der Waals surface area contributed by atoms with Crippen LogP contribution in [-0.2, 0) is 6.54 Å². The molecule has 19 heavy (non-hydrogen) atoms. The number of unbranched alkanes of at least 4 members (excludes halogenated alkanes) is 2. The molecule has 0 radical (unpaired) electrons. The monoisotopic (exact) mass is 279 g/mol. The van der Waals surface area contributed by atoms with E-state index in [0.29, 0.717) is 0 Å². The summed E-state index contributed by atoms with van der Waals surface area (Å²) >= 11 is 0. The van der Waals surface area contributed by atoms with Gasteiger partial charge < -0.3 is 9.73 Å². The number of furan rings is 1. The Morgan fingerprint density at radius 3 is 2.53 bits per heavy atom. The van der Waals surface area contributed by atoms with Crippen molar-refractivity contribution in [1.82, 2.24) is 5.32 Å². The Morgan fingerprint density at radius 2 is 1.79 bits per heavy atom. The minimum Gasteiger partial charge on any atom is -0.460 e. The van der Waals surface area contributed by atoms with Crippen LogP contribution in [0.5, 0.6) is 0 Å². The predicted molar refractivity (Wildman–Crippen MR) is 82.6 cm³/mol. The van der Waals surface area contributed by atoms with Crippen molar-refractivity contribution in [1.29, 1.82) is 0 Å². The molecule has 1 aromatic heterocycles. The molecule has 0 aliphatic heterocycles. The van der Waals surface area contributed by atoms with Gasteiger partial charge in [0, 0.05) is 5.56 Å². The van der Waals surface area contributed by atoms with Crippen molar-refractivity contribution in [3.05, 3.63) is 48.2 Å². The molecule has 0 bridgehead atoms. The Balaban J connectivity index is 0.00000180. The van der Waals surface area contributed by atoms with Crippen LogP contribution >= 0.6 is 12.4 Å². The zero-order chi connectivity index (χ0) is 12.6. The highest BCUT2D eigenvalue weighted by Gasteiger charge is 2.03. The SMILES string of the molecule is CCCCCNCc1ccc(-c2ccccc2)o1.Cl. The van der Waals surface area contributed by atoms with Crippen LogP contribution in [0.4, 0.5) is 0 Å². The molecular weight excluding hydrogens is 258 g/mol. The van der Waals surface area contributed by atoms with Crippen molar-refractivity contribution in [3.8, 4) is 11.3 Å².